The number of ether oxygens (including phenoxy) is 2. The third-order valence-corrected chi connectivity index (χ3v) is 3.00. The lowest BCUT2D eigenvalue weighted by Crippen LogP contribution is -2.31. The van der Waals surface area contributed by atoms with Crippen molar-refractivity contribution in [3.63, 3.8) is 0 Å². The predicted octanol–water partition coefficient (Wildman–Crippen LogP) is 2.38. The first kappa shape index (κ1) is 13.9. The van der Waals surface area contributed by atoms with Crippen molar-refractivity contribution in [2.45, 2.75) is 38.9 Å². The minimum Gasteiger partial charge on any atom is -0.491 e. The summed E-state index contributed by atoms with van der Waals surface area (Å²) in [5.41, 5.74) is 0.647. The Morgan fingerprint density at radius 1 is 1.42 bits per heavy atom. The highest BCUT2D eigenvalue weighted by Gasteiger charge is 2.16. The Bertz CT molecular complexity index is 408. The topological polar surface area (TPSA) is 47.6 Å². The molecule has 0 bridgehead atoms. The summed E-state index contributed by atoms with van der Waals surface area (Å²) >= 11 is 0. The summed E-state index contributed by atoms with van der Waals surface area (Å²) in [6.07, 6.45) is 2.43. The lowest BCUT2D eigenvalue weighted by molar-refractivity contribution is 0.0857. The second-order valence-electron chi connectivity index (χ2n) is 5.04. The molecule has 0 radical (unpaired) electrons. The van der Waals surface area contributed by atoms with Crippen molar-refractivity contribution in [1.82, 2.24) is 5.32 Å². The Morgan fingerprint density at radius 2 is 2.16 bits per heavy atom. The minimum absolute atomic E-state index is 0.0633. The third kappa shape index (κ3) is 4.24. The van der Waals surface area contributed by atoms with Crippen molar-refractivity contribution < 1.29 is 14.3 Å². The van der Waals surface area contributed by atoms with E-state index >= 15 is 0 Å². The maximum Gasteiger partial charge on any atom is 0.251 e. The molecule has 19 heavy (non-hydrogen) atoms. The van der Waals surface area contributed by atoms with Crippen LogP contribution in [-0.2, 0) is 4.74 Å². The first-order valence-electron chi connectivity index (χ1n) is 6.81. The molecule has 0 spiro atoms. The fourth-order valence-corrected chi connectivity index (χ4v) is 2.07. The second kappa shape index (κ2) is 6.57. The zero-order valence-electron chi connectivity index (χ0n) is 11.5. The zero-order chi connectivity index (χ0) is 13.7. The van der Waals surface area contributed by atoms with Crippen LogP contribution < -0.4 is 10.1 Å². The van der Waals surface area contributed by atoms with E-state index in [4.69, 9.17) is 9.47 Å². The molecule has 1 saturated heterocycles. The largest absolute Gasteiger partial charge is 0.491 e. The summed E-state index contributed by atoms with van der Waals surface area (Å²) in [4.78, 5) is 11.9. The minimum atomic E-state index is -0.0633. The Labute approximate surface area is 114 Å². The van der Waals surface area contributed by atoms with Crippen molar-refractivity contribution >= 4 is 5.91 Å². The van der Waals surface area contributed by atoms with Gasteiger partial charge in [-0.3, -0.25) is 4.79 Å². The van der Waals surface area contributed by atoms with Crippen LogP contribution in [-0.4, -0.2) is 31.3 Å². The van der Waals surface area contributed by atoms with Gasteiger partial charge in [0.15, 0.2) is 0 Å². The van der Waals surface area contributed by atoms with Crippen molar-refractivity contribution in [2.75, 3.05) is 13.2 Å². The molecule has 1 amide bonds. The average Bonchev–Trinajstić information content (AvgIpc) is 2.89. The molecule has 1 heterocycles. The van der Waals surface area contributed by atoms with E-state index in [0.717, 1.165) is 25.2 Å². The van der Waals surface area contributed by atoms with Gasteiger partial charge in [-0.05, 0) is 51.0 Å². The number of carbonyl (C=O) groups is 1. The van der Waals surface area contributed by atoms with Gasteiger partial charge in [0.2, 0.25) is 0 Å². The van der Waals surface area contributed by atoms with Gasteiger partial charge in [0.1, 0.15) is 5.75 Å². The van der Waals surface area contributed by atoms with Crippen molar-refractivity contribution in [3.05, 3.63) is 29.8 Å². The SMILES string of the molecule is CC(C)Oc1ccc(C(=O)NCC2CCCO2)cc1. The van der Waals surface area contributed by atoms with Crippen LogP contribution in [0.2, 0.25) is 0 Å². The van der Waals surface area contributed by atoms with Gasteiger partial charge in [0, 0.05) is 18.7 Å². The third-order valence-electron chi connectivity index (χ3n) is 3.00. The van der Waals surface area contributed by atoms with Crippen molar-refractivity contribution in [2.24, 2.45) is 0 Å². The summed E-state index contributed by atoms with van der Waals surface area (Å²) < 4.78 is 11.0. The summed E-state index contributed by atoms with van der Waals surface area (Å²) in [6.45, 7) is 5.34. The van der Waals surface area contributed by atoms with Crippen LogP contribution >= 0.6 is 0 Å². The first-order chi connectivity index (χ1) is 9.15. The predicted molar refractivity (Wildman–Crippen MR) is 73.5 cm³/mol. The lowest BCUT2D eigenvalue weighted by atomic mass is 10.2. The van der Waals surface area contributed by atoms with Crippen LogP contribution in [0.1, 0.15) is 37.0 Å². The summed E-state index contributed by atoms with van der Waals surface area (Å²) in [5.74, 6) is 0.720. The van der Waals surface area contributed by atoms with Gasteiger partial charge < -0.3 is 14.8 Å². The van der Waals surface area contributed by atoms with E-state index in [-0.39, 0.29) is 18.1 Å². The van der Waals surface area contributed by atoms with Gasteiger partial charge in [0.25, 0.3) is 5.91 Å². The number of amides is 1. The van der Waals surface area contributed by atoms with Gasteiger partial charge in [-0.2, -0.15) is 0 Å². The molecule has 1 atom stereocenters. The molecule has 1 aliphatic heterocycles. The smallest absolute Gasteiger partial charge is 0.251 e. The van der Waals surface area contributed by atoms with E-state index in [1.54, 1.807) is 12.1 Å². The average molecular weight is 263 g/mol. The quantitative estimate of drug-likeness (QED) is 0.887. The Balaban J connectivity index is 1.84. The molecule has 4 nitrogen and oxygen atoms in total. The highest BCUT2D eigenvalue weighted by molar-refractivity contribution is 5.94. The molecular formula is C15H21NO3. The first-order valence-corrected chi connectivity index (χ1v) is 6.81. The Hall–Kier alpha value is -1.55. The Kier molecular flexibility index (Phi) is 4.80. The van der Waals surface area contributed by atoms with Crippen LogP contribution in [0, 0.1) is 0 Å². The van der Waals surface area contributed by atoms with Crippen molar-refractivity contribution in [3.8, 4) is 5.75 Å². The molecular weight excluding hydrogens is 242 g/mol. The highest BCUT2D eigenvalue weighted by Crippen LogP contribution is 2.14. The van der Waals surface area contributed by atoms with Crippen LogP contribution in [0.5, 0.6) is 5.75 Å². The second-order valence-corrected chi connectivity index (χ2v) is 5.04. The molecule has 104 valence electrons. The molecule has 0 aromatic heterocycles. The van der Waals surface area contributed by atoms with E-state index in [9.17, 15) is 4.79 Å². The molecule has 1 aliphatic rings. The highest BCUT2D eigenvalue weighted by atomic mass is 16.5. The van der Waals surface area contributed by atoms with Crippen LogP contribution in [0.25, 0.3) is 0 Å². The normalized spacial score (nSPS) is 18.6. The molecule has 2 rings (SSSR count). The van der Waals surface area contributed by atoms with E-state index in [1.165, 1.54) is 0 Å². The number of hydrogen-bond donors (Lipinski definition) is 1. The summed E-state index contributed by atoms with van der Waals surface area (Å²) in [5, 5.41) is 2.90. The number of carbonyl (C=O) groups excluding carboxylic acids is 1. The molecule has 4 heteroatoms. The number of benzene rings is 1. The number of nitrogens with one attached hydrogen (secondary N) is 1. The van der Waals surface area contributed by atoms with Crippen LogP contribution in [0.3, 0.4) is 0 Å². The van der Waals surface area contributed by atoms with Gasteiger partial charge in [-0.1, -0.05) is 0 Å². The molecule has 1 aromatic carbocycles. The molecule has 0 aliphatic carbocycles. The van der Waals surface area contributed by atoms with E-state index in [1.807, 2.05) is 26.0 Å². The van der Waals surface area contributed by atoms with Gasteiger partial charge in [-0.25, -0.2) is 0 Å². The maximum atomic E-state index is 11.9. The monoisotopic (exact) mass is 263 g/mol. The molecule has 1 fully saturated rings. The fourth-order valence-electron chi connectivity index (χ4n) is 2.07. The van der Waals surface area contributed by atoms with E-state index < -0.39 is 0 Å². The van der Waals surface area contributed by atoms with Gasteiger partial charge in [0.05, 0.1) is 12.2 Å². The fraction of sp³-hybridized carbons (Fsp3) is 0.533. The molecule has 0 saturated carbocycles. The van der Waals surface area contributed by atoms with Crippen LogP contribution in [0.4, 0.5) is 0 Å². The van der Waals surface area contributed by atoms with Gasteiger partial charge in [-0.15, -0.1) is 0 Å². The van der Waals surface area contributed by atoms with Crippen molar-refractivity contribution in [1.29, 1.82) is 0 Å². The number of rotatable bonds is 5. The lowest BCUT2D eigenvalue weighted by Gasteiger charge is -2.12. The molecule has 1 aromatic rings. The van der Waals surface area contributed by atoms with Gasteiger partial charge >= 0.3 is 0 Å². The maximum absolute atomic E-state index is 11.9. The van der Waals surface area contributed by atoms with Crippen LogP contribution in [0.15, 0.2) is 24.3 Å². The Morgan fingerprint density at radius 3 is 2.74 bits per heavy atom. The standard InChI is InChI=1S/C15H21NO3/c1-11(2)19-13-7-5-12(6-8-13)15(17)16-10-14-4-3-9-18-14/h5-8,11,14H,3-4,9-10H2,1-2H3,(H,16,17). The molecule has 1 N–H and O–H groups in total. The van der Waals surface area contributed by atoms with E-state index in [0.29, 0.717) is 12.1 Å². The number of hydrogen-bond acceptors (Lipinski definition) is 3. The zero-order valence-corrected chi connectivity index (χ0v) is 11.5. The molecule has 1 unspecified atom stereocenters. The summed E-state index contributed by atoms with van der Waals surface area (Å²) in [7, 11) is 0. The summed E-state index contributed by atoms with van der Waals surface area (Å²) in [6, 6.07) is 7.20. The van der Waals surface area contributed by atoms with E-state index in [2.05, 4.69) is 5.32 Å².